The molecule has 132 valence electrons. The van der Waals surface area contributed by atoms with E-state index in [9.17, 15) is 14.5 Å². The van der Waals surface area contributed by atoms with E-state index in [2.05, 4.69) is 10.1 Å². The number of nitro groups is 1. The van der Waals surface area contributed by atoms with E-state index >= 15 is 0 Å². The molecule has 0 unspecified atom stereocenters. The summed E-state index contributed by atoms with van der Waals surface area (Å²) in [5, 5.41) is 16.2. The average molecular weight is 370 g/mol. The Labute approximate surface area is 153 Å². The number of benzene rings is 2. The van der Waals surface area contributed by atoms with Crippen molar-refractivity contribution < 1.29 is 9.31 Å². The molecule has 0 aliphatic heterocycles. The lowest BCUT2D eigenvalue weighted by Crippen LogP contribution is -2.01. The van der Waals surface area contributed by atoms with E-state index in [1.54, 1.807) is 0 Å². The first-order chi connectivity index (χ1) is 12.6. The first kappa shape index (κ1) is 16.7. The Kier molecular flexibility index (Phi) is 4.42. The van der Waals surface area contributed by atoms with E-state index in [4.69, 9.17) is 0 Å². The Morgan fingerprint density at radius 1 is 1.19 bits per heavy atom. The molecule has 0 N–H and O–H groups in total. The molecule has 0 spiro atoms. The van der Waals surface area contributed by atoms with Crippen molar-refractivity contribution in [1.29, 1.82) is 0 Å². The minimum absolute atomic E-state index is 0.0616. The minimum atomic E-state index is -0.586. The molecule has 1 aromatic heterocycles. The molecule has 1 saturated carbocycles. The van der Waals surface area contributed by atoms with E-state index in [-0.39, 0.29) is 17.0 Å². The van der Waals surface area contributed by atoms with Crippen molar-refractivity contribution in [3.63, 3.8) is 0 Å². The summed E-state index contributed by atoms with van der Waals surface area (Å²) in [4.78, 5) is 15.1. The summed E-state index contributed by atoms with van der Waals surface area (Å²) in [5.74, 6) is 0.796. The second-order valence-electron chi connectivity index (χ2n) is 6.06. The predicted molar refractivity (Wildman–Crippen MR) is 95.9 cm³/mol. The fourth-order valence-corrected chi connectivity index (χ4v) is 3.59. The molecule has 1 fully saturated rings. The molecule has 1 aliphatic rings. The van der Waals surface area contributed by atoms with Crippen LogP contribution in [0, 0.1) is 15.9 Å². The van der Waals surface area contributed by atoms with Gasteiger partial charge in [-0.05, 0) is 31.0 Å². The van der Waals surface area contributed by atoms with E-state index < -0.39 is 10.7 Å². The van der Waals surface area contributed by atoms with E-state index in [0.29, 0.717) is 11.1 Å². The number of aromatic nitrogens is 3. The Hall–Kier alpha value is -2.74. The first-order valence-electron chi connectivity index (χ1n) is 8.20. The Balaban J connectivity index is 1.62. The van der Waals surface area contributed by atoms with Crippen molar-refractivity contribution in [3.05, 3.63) is 75.9 Å². The molecule has 2 aromatic carbocycles. The van der Waals surface area contributed by atoms with Crippen molar-refractivity contribution in [2.45, 2.75) is 29.7 Å². The van der Waals surface area contributed by atoms with Gasteiger partial charge in [0.25, 0.3) is 5.69 Å². The zero-order valence-corrected chi connectivity index (χ0v) is 14.5. The number of hydrogen-bond donors (Lipinski definition) is 0. The molecule has 0 bridgehead atoms. The maximum Gasteiger partial charge on any atom is 0.276 e. The van der Waals surface area contributed by atoms with Crippen LogP contribution in [0.5, 0.6) is 0 Å². The van der Waals surface area contributed by atoms with Crippen molar-refractivity contribution in [1.82, 2.24) is 14.8 Å². The highest BCUT2D eigenvalue weighted by Gasteiger charge is 2.30. The molecule has 1 heterocycles. The third-order valence-corrected chi connectivity index (χ3v) is 5.06. The summed E-state index contributed by atoms with van der Waals surface area (Å²) in [6.07, 6.45) is 2.16. The fourth-order valence-electron chi connectivity index (χ4n) is 2.73. The summed E-state index contributed by atoms with van der Waals surface area (Å²) in [6, 6.07) is 13.6. The molecule has 6 nitrogen and oxygen atoms in total. The lowest BCUT2D eigenvalue weighted by molar-refractivity contribution is -0.385. The van der Waals surface area contributed by atoms with Gasteiger partial charge in [0.15, 0.2) is 0 Å². The van der Waals surface area contributed by atoms with Crippen molar-refractivity contribution in [3.8, 4) is 5.69 Å². The highest BCUT2D eigenvalue weighted by molar-refractivity contribution is 7.98. The van der Waals surface area contributed by atoms with Gasteiger partial charge < -0.3 is 0 Å². The van der Waals surface area contributed by atoms with Crippen LogP contribution in [-0.2, 0) is 5.75 Å². The van der Waals surface area contributed by atoms with Crippen LogP contribution < -0.4 is 0 Å². The number of hydrogen-bond acceptors (Lipinski definition) is 5. The van der Waals surface area contributed by atoms with E-state index in [1.165, 1.54) is 30.0 Å². The molecule has 0 saturated heterocycles. The normalized spacial score (nSPS) is 13.7. The molecular formula is C18H15FN4O2S. The predicted octanol–water partition coefficient (Wildman–Crippen LogP) is 4.48. The van der Waals surface area contributed by atoms with Gasteiger partial charge in [-0.3, -0.25) is 10.1 Å². The fraction of sp³-hybridized carbons (Fsp3) is 0.222. The van der Waals surface area contributed by atoms with Gasteiger partial charge in [-0.25, -0.2) is 14.1 Å². The standard InChI is InChI=1S/C18H15FN4O2S/c19-15-7-4-8-16(23(24)25)14(15)11-26-18-20-17(12-9-10-12)22(21-18)13-5-2-1-3-6-13/h1-8,12H,9-11H2. The van der Waals surface area contributed by atoms with Gasteiger partial charge in [-0.1, -0.05) is 36.0 Å². The first-order valence-corrected chi connectivity index (χ1v) is 9.19. The van der Waals surface area contributed by atoms with Crippen molar-refractivity contribution in [2.75, 3.05) is 0 Å². The van der Waals surface area contributed by atoms with Crippen LogP contribution in [0.3, 0.4) is 0 Å². The number of nitrogens with zero attached hydrogens (tertiary/aromatic N) is 4. The van der Waals surface area contributed by atoms with Crippen LogP contribution in [-0.4, -0.2) is 19.7 Å². The maximum atomic E-state index is 14.0. The van der Waals surface area contributed by atoms with Crippen molar-refractivity contribution >= 4 is 17.4 Å². The van der Waals surface area contributed by atoms with Crippen molar-refractivity contribution in [2.24, 2.45) is 0 Å². The number of rotatable bonds is 6. The van der Waals surface area contributed by atoms with E-state index in [1.807, 2.05) is 35.0 Å². The molecular weight excluding hydrogens is 355 g/mol. The molecule has 0 amide bonds. The topological polar surface area (TPSA) is 73.8 Å². The average Bonchev–Trinajstić information content (AvgIpc) is 3.41. The van der Waals surface area contributed by atoms with Gasteiger partial charge in [-0.2, -0.15) is 0 Å². The summed E-state index contributed by atoms with van der Waals surface area (Å²) in [7, 11) is 0. The Morgan fingerprint density at radius 2 is 1.96 bits per heavy atom. The lowest BCUT2D eigenvalue weighted by Gasteiger charge is -2.03. The van der Waals surface area contributed by atoms with Crippen LogP contribution in [0.4, 0.5) is 10.1 Å². The third kappa shape index (κ3) is 3.32. The van der Waals surface area contributed by atoms with Crippen LogP contribution in [0.1, 0.15) is 30.1 Å². The monoisotopic (exact) mass is 370 g/mol. The zero-order valence-electron chi connectivity index (χ0n) is 13.7. The van der Waals surface area contributed by atoms with Gasteiger partial charge >= 0.3 is 0 Å². The summed E-state index contributed by atoms with van der Waals surface area (Å²) in [5.41, 5.74) is 0.763. The SMILES string of the molecule is O=[N+]([O-])c1cccc(F)c1CSc1nc(C2CC2)n(-c2ccccc2)n1. The summed E-state index contributed by atoms with van der Waals surface area (Å²) < 4.78 is 15.9. The van der Waals surface area contributed by atoms with Gasteiger partial charge in [-0.15, -0.1) is 5.10 Å². The summed E-state index contributed by atoms with van der Waals surface area (Å²) >= 11 is 1.21. The summed E-state index contributed by atoms with van der Waals surface area (Å²) in [6.45, 7) is 0. The van der Waals surface area contributed by atoms with Gasteiger partial charge in [0.1, 0.15) is 11.6 Å². The third-order valence-electron chi connectivity index (χ3n) is 4.19. The number of thioether (sulfide) groups is 1. The van der Waals surface area contributed by atoms with Crippen LogP contribution in [0.15, 0.2) is 53.7 Å². The number of nitro benzene ring substituents is 1. The Bertz CT molecular complexity index is 957. The molecule has 0 radical (unpaired) electrons. The molecule has 8 heteroatoms. The van der Waals surface area contributed by atoms with Gasteiger partial charge in [0.05, 0.1) is 16.2 Å². The second kappa shape index (κ2) is 6.87. The quantitative estimate of drug-likeness (QED) is 0.363. The zero-order chi connectivity index (χ0) is 18.1. The molecule has 26 heavy (non-hydrogen) atoms. The smallest absolute Gasteiger partial charge is 0.258 e. The van der Waals surface area contributed by atoms with Crippen LogP contribution in [0.25, 0.3) is 5.69 Å². The molecule has 1 aliphatic carbocycles. The van der Waals surface area contributed by atoms with E-state index in [0.717, 1.165) is 24.4 Å². The minimum Gasteiger partial charge on any atom is -0.258 e. The van der Waals surface area contributed by atoms with Gasteiger partial charge in [0.2, 0.25) is 5.16 Å². The molecule has 0 atom stereocenters. The maximum absolute atomic E-state index is 14.0. The Morgan fingerprint density at radius 3 is 2.65 bits per heavy atom. The highest BCUT2D eigenvalue weighted by atomic mass is 32.2. The van der Waals surface area contributed by atoms with Crippen LogP contribution in [0.2, 0.25) is 0 Å². The molecule has 4 rings (SSSR count). The van der Waals surface area contributed by atoms with Gasteiger partial charge in [0, 0.05) is 17.7 Å². The second-order valence-corrected chi connectivity index (χ2v) is 7.00. The largest absolute Gasteiger partial charge is 0.276 e. The lowest BCUT2D eigenvalue weighted by atomic mass is 10.2. The number of para-hydroxylation sites is 1. The highest BCUT2D eigenvalue weighted by Crippen LogP contribution is 2.40. The van der Waals surface area contributed by atoms with Crippen LogP contribution >= 0.6 is 11.8 Å². The molecule has 3 aromatic rings. The number of halogens is 1.